The summed E-state index contributed by atoms with van der Waals surface area (Å²) in [5.74, 6) is 0.607. The van der Waals surface area contributed by atoms with Crippen molar-refractivity contribution in [1.29, 1.82) is 0 Å². The summed E-state index contributed by atoms with van der Waals surface area (Å²) >= 11 is 0. The predicted octanol–water partition coefficient (Wildman–Crippen LogP) is 0.226. The molecule has 0 radical (unpaired) electrons. The van der Waals surface area contributed by atoms with Crippen molar-refractivity contribution in [2.24, 2.45) is 11.7 Å². The van der Waals surface area contributed by atoms with Crippen LogP contribution in [-0.4, -0.2) is 30.6 Å². The summed E-state index contributed by atoms with van der Waals surface area (Å²) < 4.78 is 0. The molecular formula is C11H23N3O. The first-order valence-electron chi connectivity index (χ1n) is 5.79. The molecule has 0 spiro atoms. The Hall–Kier alpha value is -0.610. The van der Waals surface area contributed by atoms with Gasteiger partial charge in [-0.3, -0.25) is 4.79 Å². The minimum Gasteiger partial charge on any atom is -0.351 e. The highest BCUT2D eigenvalue weighted by molar-refractivity contribution is 5.76. The summed E-state index contributed by atoms with van der Waals surface area (Å²) in [6.07, 6.45) is 1.53. The van der Waals surface area contributed by atoms with Crippen LogP contribution in [0.1, 0.15) is 33.6 Å². The molecule has 4 heteroatoms. The summed E-state index contributed by atoms with van der Waals surface area (Å²) in [5, 5.41) is 6.44. The van der Waals surface area contributed by atoms with Gasteiger partial charge in [0.05, 0.1) is 0 Å². The number of nitrogens with one attached hydrogen (secondary N) is 2. The SMILES string of the molecule is CC(N)CC(=O)NC1C(C)CCNC1C. The van der Waals surface area contributed by atoms with Crippen molar-refractivity contribution < 1.29 is 4.79 Å². The lowest BCUT2D eigenvalue weighted by atomic mass is 9.89. The summed E-state index contributed by atoms with van der Waals surface area (Å²) in [4.78, 5) is 11.6. The van der Waals surface area contributed by atoms with Gasteiger partial charge in [-0.1, -0.05) is 6.92 Å². The Kier molecular flexibility index (Phi) is 4.54. The smallest absolute Gasteiger partial charge is 0.221 e. The fraction of sp³-hybridized carbons (Fsp3) is 0.909. The molecule has 4 atom stereocenters. The number of carbonyl (C=O) groups excluding carboxylic acids is 1. The van der Waals surface area contributed by atoms with Gasteiger partial charge in [0.25, 0.3) is 0 Å². The normalized spacial score (nSPS) is 33.5. The topological polar surface area (TPSA) is 67.2 Å². The number of hydrogen-bond donors (Lipinski definition) is 3. The lowest BCUT2D eigenvalue weighted by molar-refractivity contribution is -0.122. The summed E-state index contributed by atoms with van der Waals surface area (Å²) in [5.41, 5.74) is 5.59. The molecular weight excluding hydrogens is 190 g/mol. The van der Waals surface area contributed by atoms with Gasteiger partial charge in [0.15, 0.2) is 0 Å². The molecule has 1 saturated heterocycles. The number of piperidine rings is 1. The van der Waals surface area contributed by atoms with Crippen molar-refractivity contribution in [3.8, 4) is 0 Å². The monoisotopic (exact) mass is 213 g/mol. The maximum atomic E-state index is 11.6. The van der Waals surface area contributed by atoms with E-state index in [1.165, 1.54) is 0 Å². The molecule has 15 heavy (non-hydrogen) atoms. The zero-order chi connectivity index (χ0) is 11.4. The minimum absolute atomic E-state index is 0.0628. The third kappa shape index (κ3) is 3.80. The Labute approximate surface area is 92.0 Å². The van der Waals surface area contributed by atoms with Gasteiger partial charge in [0.2, 0.25) is 5.91 Å². The van der Waals surface area contributed by atoms with Gasteiger partial charge in [0.1, 0.15) is 0 Å². The fourth-order valence-electron chi connectivity index (χ4n) is 2.14. The van der Waals surface area contributed by atoms with Gasteiger partial charge in [-0.15, -0.1) is 0 Å². The van der Waals surface area contributed by atoms with Crippen LogP contribution >= 0.6 is 0 Å². The van der Waals surface area contributed by atoms with E-state index in [1.54, 1.807) is 0 Å². The minimum atomic E-state index is -0.0628. The number of rotatable bonds is 3. The van der Waals surface area contributed by atoms with Crippen LogP contribution in [0.4, 0.5) is 0 Å². The fourth-order valence-corrected chi connectivity index (χ4v) is 2.14. The second kappa shape index (κ2) is 5.47. The molecule has 1 aliphatic heterocycles. The predicted molar refractivity (Wildman–Crippen MR) is 61.4 cm³/mol. The second-order valence-corrected chi connectivity index (χ2v) is 4.78. The zero-order valence-electron chi connectivity index (χ0n) is 9.92. The summed E-state index contributed by atoms with van der Waals surface area (Å²) in [6, 6.07) is 0.531. The van der Waals surface area contributed by atoms with Crippen LogP contribution in [0.3, 0.4) is 0 Å². The molecule has 1 rings (SSSR count). The highest BCUT2D eigenvalue weighted by Gasteiger charge is 2.28. The van der Waals surface area contributed by atoms with Crippen LogP contribution in [-0.2, 0) is 4.79 Å². The van der Waals surface area contributed by atoms with Gasteiger partial charge in [-0.2, -0.15) is 0 Å². The van der Waals surface area contributed by atoms with Crippen molar-refractivity contribution in [3.63, 3.8) is 0 Å². The molecule has 0 aliphatic carbocycles. The van der Waals surface area contributed by atoms with Crippen molar-refractivity contribution in [3.05, 3.63) is 0 Å². The molecule has 4 nitrogen and oxygen atoms in total. The molecule has 88 valence electrons. The van der Waals surface area contributed by atoms with Gasteiger partial charge in [-0.25, -0.2) is 0 Å². The molecule has 1 amide bonds. The molecule has 0 bridgehead atoms. The van der Waals surface area contributed by atoms with E-state index in [-0.39, 0.29) is 18.0 Å². The highest BCUT2D eigenvalue weighted by atomic mass is 16.1. The Morgan fingerprint density at radius 3 is 2.80 bits per heavy atom. The van der Waals surface area contributed by atoms with Crippen LogP contribution in [0.15, 0.2) is 0 Å². The van der Waals surface area contributed by atoms with Gasteiger partial charge in [0, 0.05) is 24.5 Å². The van der Waals surface area contributed by atoms with Crippen molar-refractivity contribution in [2.75, 3.05) is 6.54 Å². The molecule has 1 aliphatic rings. The van der Waals surface area contributed by atoms with E-state index >= 15 is 0 Å². The number of carbonyl (C=O) groups is 1. The molecule has 0 aromatic carbocycles. The lowest BCUT2D eigenvalue weighted by Gasteiger charge is -2.36. The van der Waals surface area contributed by atoms with Gasteiger partial charge in [-0.05, 0) is 32.7 Å². The molecule has 1 heterocycles. The molecule has 0 saturated carbocycles. The van der Waals surface area contributed by atoms with E-state index in [9.17, 15) is 4.79 Å². The summed E-state index contributed by atoms with van der Waals surface area (Å²) in [7, 11) is 0. The molecule has 4 N–H and O–H groups in total. The average Bonchev–Trinajstić information content (AvgIpc) is 2.10. The van der Waals surface area contributed by atoms with Crippen LogP contribution < -0.4 is 16.4 Å². The molecule has 0 aromatic rings. The van der Waals surface area contributed by atoms with Crippen LogP contribution in [0.5, 0.6) is 0 Å². The standard InChI is InChI=1S/C11H23N3O/c1-7-4-5-13-9(3)11(7)14-10(15)6-8(2)12/h7-9,11,13H,4-6,12H2,1-3H3,(H,14,15). The van der Waals surface area contributed by atoms with E-state index in [4.69, 9.17) is 5.73 Å². The quantitative estimate of drug-likeness (QED) is 0.628. The van der Waals surface area contributed by atoms with Crippen LogP contribution in [0.25, 0.3) is 0 Å². The average molecular weight is 213 g/mol. The first-order chi connectivity index (χ1) is 7.00. The van der Waals surface area contributed by atoms with Crippen molar-refractivity contribution >= 4 is 5.91 Å². The lowest BCUT2D eigenvalue weighted by Crippen LogP contribution is -2.56. The van der Waals surface area contributed by atoms with E-state index in [1.807, 2.05) is 6.92 Å². The molecule has 0 aromatic heterocycles. The number of amides is 1. The van der Waals surface area contributed by atoms with E-state index in [2.05, 4.69) is 24.5 Å². The molecule has 1 fully saturated rings. The first kappa shape index (κ1) is 12.5. The van der Waals surface area contributed by atoms with Crippen molar-refractivity contribution in [1.82, 2.24) is 10.6 Å². The zero-order valence-corrected chi connectivity index (χ0v) is 9.92. The third-order valence-corrected chi connectivity index (χ3v) is 3.05. The molecule has 4 unspecified atom stereocenters. The largest absolute Gasteiger partial charge is 0.351 e. The Balaban J connectivity index is 2.44. The maximum absolute atomic E-state index is 11.6. The van der Waals surface area contributed by atoms with E-state index in [0.717, 1.165) is 13.0 Å². The van der Waals surface area contributed by atoms with Crippen molar-refractivity contribution in [2.45, 2.75) is 51.7 Å². The second-order valence-electron chi connectivity index (χ2n) is 4.78. The Bertz CT molecular complexity index is 208. The summed E-state index contributed by atoms with van der Waals surface area (Å²) in [6.45, 7) is 7.20. The number of hydrogen-bond acceptors (Lipinski definition) is 3. The number of nitrogens with two attached hydrogens (primary N) is 1. The Morgan fingerprint density at radius 2 is 2.27 bits per heavy atom. The Morgan fingerprint density at radius 1 is 1.60 bits per heavy atom. The van der Waals surface area contributed by atoms with Crippen LogP contribution in [0.2, 0.25) is 0 Å². The highest BCUT2D eigenvalue weighted by Crippen LogP contribution is 2.16. The van der Waals surface area contributed by atoms with Gasteiger partial charge < -0.3 is 16.4 Å². The maximum Gasteiger partial charge on any atom is 0.221 e. The first-order valence-corrected chi connectivity index (χ1v) is 5.79. The van der Waals surface area contributed by atoms with E-state index in [0.29, 0.717) is 18.4 Å². The van der Waals surface area contributed by atoms with Crippen LogP contribution in [0, 0.1) is 5.92 Å². The van der Waals surface area contributed by atoms with E-state index < -0.39 is 0 Å². The third-order valence-electron chi connectivity index (χ3n) is 3.05. The van der Waals surface area contributed by atoms with Gasteiger partial charge >= 0.3 is 0 Å².